The molecule has 0 saturated carbocycles. The topological polar surface area (TPSA) is 86.8 Å². The van der Waals surface area contributed by atoms with E-state index in [1.165, 1.54) is 4.31 Å². The fourth-order valence-electron chi connectivity index (χ4n) is 3.56. The predicted octanol–water partition coefficient (Wildman–Crippen LogP) is 0.413. The third-order valence-corrected chi connectivity index (χ3v) is 8.31. The minimum absolute atomic E-state index is 0.0414. The Morgan fingerprint density at radius 3 is 2.54 bits per heavy atom. The van der Waals surface area contributed by atoms with Crippen LogP contribution in [-0.4, -0.2) is 76.7 Å². The van der Waals surface area contributed by atoms with Crippen molar-refractivity contribution in [1.29, 1.82) is 0 Å². The maximum atomic E-state index is 13.0. The highest BCUT2D eigenvalue weighted by atomic mass is 32.2. The Morgan fingerprint density at radius 2 is 1.85 bits per heavy atom. The first-order valence-electron chi connectivity index (χ1n) is 8.68. The van der Waals surface area contributed by atoms with Crippen molar-refractivity contribution in [2.75, 3.05) is 38.6 Å². The maximum Gasteiger partial charge on any atom is 0.243 e. The van der Waals surface area contributed by atoms with Gasteiger partial charge in [0.2, 0.25) is 20.0 Å². The number of hydrogen-bond acceptors (Lipinski definition) is 5. The van der Waals surface area contributed by atoms with Gasteiger partial charge in [0.05, 0.1) is 17.3 Å². The molecule has 2 fully saturated rings. The van der Waals surface area contributed by atoms with Crippen molar-refractivity contribution >= 4 is 20.0 Å². The van der Waals surface area contributed by atoms with E-state index in [4.69, 9.17) is 0 Å². The summed E-state index contributed by atoms with van der Waals surface area (Å²) in [6.45, 7) is 1.03. The highest BCUT2D eigenvalue weighted by molar-refractivity contribution is 7.89. The van der Waals surface area contributed by atoms with Gasteiger partial charge in [-0.1, -0.05) is 18.2 Å². The molecule has 1 aromatic rings. The number of sulfonamides is 2. The number of benzene rings is 1. The third kappa shape index (κ3) is 4.25. The Labute approximate surface area is 154 Å². The summed E-state index contributed by atoms with van der Waals surface area (Å²) >= 11 is 0. The summed E-state index contributed by atoms with van der Waals surface area (Å²) in [5, 5.41) is 0. The van der Waals surface area contributed by atoms with Gasteiger partial charge in [0.15, 0.2) is 0 Å². The molecule has 26 heavy (non-hydrogen) atoms. The number of fused-ring (bicyclic) bond motifs is 2. The van der Waals surface area contributed by atoms with Crippen LogP contribution in [0.15, 0.2) is 35.2 Å². The van der Waals surface area contributed by atoms with Crippen LogP contribution in [0, 0.1) is 0 Å². The van der Waals surface area contributed by atoms with E-state index in [9.17, 15) is 21.2 Å². The normalized spacial score (nSPS) is 26.9. The summed E-state index contributed by atoms with van der Waals surface area (Å²) in [6.07, 6.45) is 0.692. The number of rotatable bonds is 8. The molecule has 0 radical (unpaired) electrons. The molecule has 7 nitrogen and oxygen atoms in total. The van der Waals surface area contributed by atoms with E-state index in [0.717, 1.165) is 13.0 Å². The average Bonchev–Trinajstić information content (AvgIpc) is 3.03. The first-order chi connectivity index (χ1) is 12.3. The van der Waals surface area contributed by atoms with Crippen LogP contribution in [0.1, 0.15) is 12.8 Å². The fraction of sp³-hybridized carbons (Fsp3) is 0.625. The second kappa shape index (κ2) is 7.89. The molecule has 10 heteroatoms. The number of hydrogen-bond donors (Lipinski definition) is 1. The van der Waals surface area contributed by atoms with Gasteiger partial charge in [-0.15, -0.1) is 0 Å². The largest absolute Gasteiger partial charge is 0.296 e. The van der Waals surface area contributed by atoms with Crippen LogP contribution in [0.25, 0.3) is 0 Å². The molecule has 0 amide bonds. The smallest absolute Gasteiger partial charge is 0.243 e. The van der Waals surface area contributed by atoms with Gasteiger partial charge in [-0.2, -0.15) is 4.31 Å². The van der Waals surface area contributed by atoms with Gasteiger partial charge < -0.3 is 0 Å². The van der Waals surface area contributed by atoms with Crippen molar-refractivity contribution in [3.8, 4) is 0 Å². The van der Waals surface area contributed by atoms with E-state index in [1.54, 1.807) is 30.3 Å². The Balaban J connectivity index is 1.72. The number of alkyl halides is 1. The average molecular weight is 406 g/mol. The zero-order chi connectivity index (χ0) is 18.8. The molecule has 3 atom stereocenters. The molecule has 0 spiro atoms. The molecule has 0 aliphatic carbocycles. The van der Waals surface area contributed by atoms with E-state index < -0.39 is 26.7 Å². The van der Waals surface area contributed by atoms with E-state index in [-0.39, 0.29) is 42.2 Å². The van der Waals surface area contributed by atoms with Gasteiger partial charge in [-0.05, 0) is 25.0 Å². The van der Waals surface area contributed by atoms with Crippen molar-refractivity contribution in [2.24, 2.45) is 0 Å². The van der Waals surface area contributed by atoms with Gasteiger partial charge in [0, 0.05) is 38.3 Å². The van der Waals surface area contributed by atoms with Gasteiger partial charge in [-0.3, -0.25) is 9.29 Å². The van der Waals surface area contributed by atoms with Crippen LogP contribution < -0.4 is 4.72 Å². The molecule has 3 unspecified atom stereocenters. The van der Waals surface area contributed by atoms with Crippen molar-refractivity contribution in [1.82, 2.24) is 13.9 Å². The number of nitrogens with one attached hydrogen (secondary N) is 1. The zero-order valence-corrected chi connectivity index (χ0v) is 16.1. The third-order valence-electron chi connectivity index (χ3n) is 4.94. The summed E-state index contributed by atoms with van der Waals surface area (Å²) in [6, 6.07) is 7.98. The molecule has 3 rings (SSSR count). The highest BCUT2D eigenvalue weighted by Crippen LogP contribution is 2.30. The van der Waals surface area contributed by atoms with E-state index in [1.807, 2.05) is 0 Å². The molecule has 0 aromatic heterocycles. The molecule has 1 aromatic carbocycles. The van der Waals surface area contributed by atoms with Crippen LogP contribution in [0.4, 0.5) is 4.39 Å². The summed E-state index contributed by atoms with van der Waals surface area (Å²) in [4.78, 5) is 2.38. The van der Waals surface area contributed by atoms with Gasteiger partial charge in [0.25, 0.3) is 0 Å². The lowest BCUT2D eigenvalue weighted by atomic mass is 10.2. The van der Waals surface area contributed by atoms with Crippen LogP contribution in [0.3, 0.4) is 0 Å². The lowest BCUT2D eigenvalue weighted by Gasteiger charge is -2.39. The summed E-state index contributed by atoms with van der Waals surface area (Å²) in [5.41, 5.74) is 0. The number of nitrogens with zero attached hydrogens (tertiary/aromatic N) is 2. The predicted molar refractivity (Wildman–Crippen MR) is 96.5 cm³/mol. The Morgan fingerprint density at radius 1 is 1.12 bits per heavy atom. The SMILES string of the molecule is O=S(=O)(CCCF)NCC1CN(S(=O)(=O)c2ccccc2)C2CCN1C2. The monoisotopic (exact) mass is 405 g/mol. The molecule has 1 N–H and O–H groups in total. The van der Waals surface area contributed by atoms with Crippen molar-refractivity contribution in [3.63, 3.8) is 0 Å². The second-order valence-corrected chi connectivity index (χ2v) is 10.5. The molecular weight excluding hydrogens is 381 g/mol. The van der Waals surface area contributed by atoms with Crippen LogP contribution in [0.5, 0.6) is 0 Å². The Kier molecular flexibility index (Phi) is 5.97. The fourth-order valence-corrected chi connectivity index (χ4v) is 6.35. The van der Waals surface area contributed by atoms with Gasteiger partial charge >= 0.3 is 0 Å². The summed E-state index contributed by atoms with van der Waals surface area (Å²) in [5.74, 6) is -0.259. The van der Waals surface area contributed by atoms with Crippen molar-refractivity contribution < 1.29 is 21.2 Å². The second-order valence-electron chi connectivity index (χ2n) is 6.69. The standard InChI is InChI=1S/C16H24FN3O4S2/c17-8-4-10-25(21,22)18-11-15-13-20(14-7-9-19(15)12-14)26(23,24)16-5-2-1-3-6-16/h1-3,5-6,14-15,18H,4,7-13H2. The molecule has 146 valence electrons. The summed E-state index contributed by atoms with van der Waals surface area (Å²) < 4.78 is 66.0. The van der Waals surface area contributed by atoms with Gasteiger partial charge in [0.1, 0.15) is 0 Å². The Bertz CT molecular complexity index is 817. The zero-order valence-electron chi connectivity index (χ0n) is 14.4. The Hall–Kier alpha value is -1.07. The van der Waals surface area contributed by atoms with Gasteiger partial charge in [-0.25, -0.2) is 21.6 Å². The minimum atomic E-state index is -3.62. The van der Waals surface area contributed by atoms with Crippen LogP contribution in [0.2, 0.25) is 0 Å². The van der Waals surface area contributed by atoms with Crippen LogP contribution >= 0.6 is 0 Å². The lowest BCUT2D eigenvalue weighted by molar-refractivity contribution is 0.145. The number of halogens is 1. The minimum Gasteiger partial charge on any atom is -0.296 e. The number of piperazine rings is 1. The lowest BCUT2D eigenvalue weighted by Crippen LogP contribution is -2.57. The first kappa shape index (κ1) is 19.7. The molecular formula is C16H24FN3O4S2. The molecule has 2 heterocycles. The molecule has 2 aliphatic heterocycles. The van der Waals surface area contributed by atoms with E-state index in [2.05, 4.69) is 9.62 Å². The quantitative estimate of drug-likeness (QED) is 0.677. The highest BCUT2D eigenvalue weighted by Gasteiger charge is 2.44. The molecule has 2 saturated heterocycles. The maximum absolute atomic E-state index is 13.0. The molecule has 2 bridgehead atoms. The summed E-state index contributed by atoms with van der Waals surface area (Å²) in [7, 11) is -7.17. The first-order valence-corrected chi connectivity index (χ1v) is 11.8. The molecule has 2 aliphatic rings. The van der Waals surface area contributed by atoms with Crippen LogP contribution in [-0.2, 0) is 20.0 Å². The van der Waals surface area contributed by atoms with Crippen molar-refractivity contribution in [3.05, 3.63) is 30.3 Å². The van der Waals surface area contributed by atoms with Crippen molar-refractivity contribution in [2.45, 2.75) is 29.8 Å². The van der Waals surface area contributed by atoms with E-state index in [0.29, 0.717) is 6.54 Å². The van der Waals surface area contributed by atoms with E-state index >= 15 is 0 Å².